The Hall–Kier alpha value is -2.14. The molecule has 1 N–H and O–H groups in total. The van der Waals surface area contributed by atoms with E-state index in [1.54, 1.807) is 6.21 Å². The second-order valence-electron chi connectivity index (χ2n) is 5.37. The first-order valence-corrected chi connectivity index (χ1v) is 8.14. The lowest BCUT2D eigenvalue weighted by Gasteiger charge is -2.06. The van der Waals surface area contributed by atoms with Crippen molar-refractivity contribution in [3.63, 3.8) is 0 Å². The Morgan fingerprint density at radius 2 is 1.83 bits per heavy atom. The smallest absolute Gasteiger partial charge is 0.242 e. The van der Waals surface area contributed by atoms with Crippen LogP contribution in [-0.2, 0) is 11.4 Å². The fourth-order valence-corrected chi connectivity index (χ4v) is 1.96. The molecule has 0 bridgehead atoms. The minimum atomic E-state index is -0.101. The van der Waals surface area contributed by atoms with Crippen LogP contribution in [0.25, 0.3) is 0 Å². The first-order chi connectivity index (χ1) is 11.0. The number of benzene rings is 2. The zero-order valence-corrected chi connectivity index (χ0v) is 14.7. The number of hydrogen-bond acceptors (Lipinski definition) is 3. The van der Waals surface area contributed by atoms with E-state index in [2.05, 4.69) is 26.5 Å². The van der Waals surface area contributed by atoms with Gasteiger partial charge in [-0.2, -0.15) is 5.10 Å². The number of rotatable bonds is 6. The molecular formula is C18H19BrN2O2. The lowest BCUT2D eigenvalue weighted by Crippen LogP contribution is -2.22. The van der Waals surface area contributed by atoms with Crippen LogP contribution in [0, 0.1) is 5.92 Å². The molecule has 0 saturated carbocycles. The van der Waals surface area contributed by atoms with Gasteiger partial charge in [0.1, 0.15) is 12.4 Å². The molecule has 120 valence electrons. The summed E-state index contributed by atoms with van der Waals surface area (Å²) in [7, 11) is 0. The highest BCUT2D eigenvalue weighted by Gasteiger charge is 2.03. The summed E-state index contributed by atoms with van der Waals surface area (Å²) in [5.74, 6) is 0.605. The summed E-state index contributed by atoms with van der Waals surface area (Å²) >= 11 is 3.41. The first kappa shape index (κ1) is 17.2. The maximum atomic E-state index is 11.4. The molecule has 0 aliphatic heterocycles. The zero-order valence-electron chi connectivity index (χ0n) is 13.1. The summed E-state index contributed by atoms with van der Waals surface area (Å²) in [6, 6.07) is 15.6. The fourth-order valence-electron chi connectivity index (χ4n) is 1.70. The Morgan fingerprint density at radius 3 is 2.43 bits per heavy atom. The van der Waals surface area contributed by atoms with Crippen molar-refractivity contribution in [2.45, 2.75) is 20.5 Å². The number of hydrogen-bond donors (Lipinski definition) is 1. The van der Waals surface area contributed by atoms with Crippen molar-refractivity contribution in [3.8, 4) is 5.75 Å². The Labute approximate surface area is 144 Å². The predicted molar refractivity (Wildman–Crippen MR) is 95.5 cm³/mol. The third-order valence-corrected chi connectivity index (χ3v) is 3.64. The van der Waals surface area contributed by atoms with Gasteiger partial charge in [0.15, 0.2) is 0 Å². The molecule has 2 aromatic rings. The SMILES string of the molecule is CC(C)C(=O)N/N=C\c1ccc(OCc2ccc(Br)cc2)cc1. The van der Waals surface area contributed by atoms with Gasteiger partial charge in [0.2, 0.25) is 5.91 Å². The van der Waals surface area contributed by atoms with E-state index in [1.165, 1.54) is 0 Å². The predicted octanol–water partition coefficient (Wildman–Crippen LogP) is 4.13. The number of amides is 1. The van der Waals surface area contributed by atoms with Crippen molar-refractivity contribution in [3.05, 3.63) is 64.1 Å². The summed E-state index contributed by atoms with van der Waals surface area (Å²) in [6.07, 6.45) is 1.61. The summed E-state index contributed by atoms with van der Waals surface area (Å²) in [6.45, 7) is 4.16. The van der Waals surface area contributed by atoms with Gasteiger partial charge in [-0.1, -0.05) is 41.9 Å². The average molecular weight is 375 g/mol. The molecule has 0 fully saturated rings. The minimum absolute atomic E-state index is 0.0819. The Kier molecular flexibility index (Phi) is 6.35. The highest BCUT2D eigenvalue weighted by Crippen LogP contribution is 2.15. The molecule has 0 heterocycles. The van der Waals surface area contributed by atoms with E-state index in [1.807, 2.05) is 62.4 Å². The molecular weight excluding hydrogens is 356 g/mol. The Morgan fingerprint density at radius 1 is 1.17 bits per heavy atom. The van der Waals surface area contributed by atoms with Crippen molar-refractivity contribution in [2.75, 3.05) is 0 Å². The van der Waals surface area contributed by atoms with E-state index in [9.17, 15) is 4.79 Å². The number of halogens is 1. The molecule has 2 rings (SSSR count). The first-order valence-electron chi connectivity index (χ1n) is 7.35. The van der Waals surface area contributed by atoms with Gasteiger partial charge < -0.3 is 4.74 Å². The molecule has 4 nitrogen and oxygen atoms in total. The van der Waals surface area contributed by atoms with Crippen LogP contribution in [0.1, 0.15) is 25.0 Å². The second kappa shape index (κ2) is 8.48. The summed E-state index contributed by atoms with van der Waals surface area (Å²) in [5, 5.41) is 3.92. The van der Waals surface area contributed by atoms with Gasteiger partial charge in [0.05, 0.1) is 6.21 Å². The third kappa shape index (κ3) is 5.87. The molecule has 0 saturated heterocycles. The fraction of sp³-hybridized carbons (Fsp3) is 0.222. The zero-order chi connectivity index (χ0) is 16.7. The number of nitrogens with zero attached hydrogens (tertiary/aromatic N) is 1. The van der Waals surface area contributed by atoms with Gasteiger partial charge in [-0.25, -0.2) is 5.43 Å². The maximum absolute atomic E-state index is 11.4. The highest BCUT2D eigenvalue weighted by molar-refractivity contribution is 9.10. The van der Waals surface area contributed by atoms with Crippen LogP contribution in [-0.4, -0.2) is 12.1 Å². The molecule has 0 atom stereocenters. The van der Waals surface area contributed by atoms with Crippen molar-refractivity contribution in [1.82, 2.24) is 5.43 Å². The Balaban J connectivity index is 1.85. The molecule has 0 unspecified atom stereocenters. The molecule has 0 radical (unpaired) electrons. The van der Waals surface area contributed by atoms with Crippen LogP contribution in [0.5, 0.6) is 5.75 Å². The normalized spacial score (nSPS) is 11.0. The average Bonchev–Trinajstić information content (AvgIpc) is 2.55. The summed E-state index contributed by atoms with van der Waals surface area (Å²) in [4.78, 5) is 11.4. The van der Waals surface area contributed by atoms with Crippen molar-refractivity contribution in [2.24, 2.45) is 11.0 Å². The molecule has 2 aromatic carbocycles. The molecule has 0 spiro atoms. The van der Waals surface area contributed by atoms with Crippen molar-refractivity contribution < 1.29 is 9.53 Å². The van der Waals surface area contributed by atoms with Crippen LogP contribution in [0.2, 0.25) is 0 Å². The number of nitrogens with one attached hydrogen (secondary N) is 1. The summed E-state index contributed by atoms with van der Waals surface area (Å²) in [5.41, 5.74) is 4.49. The van der Waals surface area contributed by atoms with E-state index >= 15 is 0 Å². The number of ether oxygens (including phenoxy) is 1. The van der Waals surface area contributed by atoms with Crippen molar-refractivity contribution >= 4 is 28.1 Å². The van der Waals surface area contributed by atoms with Crippen LogP contribution in [0.15, 0.2) is 58.1 Å². The number of hydrazone groups is 1. The van der Waals surface area contributed by atoms with E-state index < -0.39 is 0 Å². The topological polar surface area (TPSA) is 50.7 Å². The van der Waals surface area contributed by atoms with Gasteiger partial charge >= 0.3 is 0 Å². The van der Waals surface area contributed by atoms with Gasteiger partial charge in [-0.3, -0.25) is 4.79 Å². The number of carbonyl (C=O) groups is 1. The molecule has 23 heavy (non-hydrogen) atoms. The lowest BCUT2D eigenvalue weighted by molar-refractivity contribution is -0.123. The van der Waals surface area contributed by atoms with Crippen LogP contribution in [0.4, 0.5) is 0 Å². The van der Waals surface area contributed by atoms with Gasteiger partial charge in [0, 0.05) is 10.4 Å². The van der Waals surface area contributed by atoms with Gasteiger partial charge in [-0.15, -0.1) is 0 Å². The van der Waals surface area contributed by atoms with Gasteiger partial charge in [0.25, 0.3) is 0 Å². The standard InChI is InChI=1S/C18H19BrN2O2/c1-13(2)18(22)21-20-11-14-5-9-17(10-6-14)23-12-15-3-7-16(19)8-4-15/h3-11,13H,12H2,1-2H3,(H,21,22)/b20-11-. The monoisotopic (exact) mass is 374 g/mol. The molecule has 0 aliphatic rings. The van der Waals surface area contributed by atoms with Crippen LogP contribution >= 0.6 is 15.9 Å². The van der Waals surface area contributed by atoms with E-state index in [0.29, 0.717) is 6.61 Å². The number of carbonyl (C=O) groups excluding carboxylic acids is 1. The molecule has 5 heteroatoms. The highest BCUT2D eigenvalue weighted by atomic mass is 79.9. The van der Waals surface area contributed by atoms with Gasteiger partial charge in [-0.05, 0) is 47.5 Å². The largest absolute Gasteiger partial charge is 0.489 e. The molecule has 0 aromatic heterocycles. The summed E-state index contributed by atoms with van der Waals surface area (Å²) < 4.78 is 6.78. The minimum Gasteiger partial charge on any atom is -0.489 e. The second-order valence-corrected chi connectivity index (χ2v) is 6.29. The third-order valence-electron chi connectivity index (χ3n) is 3.11. The Bertz CT molecular complexity index is 664. The lowest BCUT2D eigenvalue weighted by atomic mass is 10.2. The van der Waals surface area contributed by atoms with Crippen LogP contribution in [0.3, 0.4) is 0 Å². The molecule has 0 aliphatic carbocycles. The van der Waals surface area contributed by atoms with E-state index in [4.69, 9.17) is 4.74 Å². The van der Waals surface area contributed by atoms with E-state index in [-0.39, 0.29) is 11.8 Å². The maximum Gasteiger partial charge on any atom is 0.242 e. The quantitative estimate of drug-likeness (QED) is 0.610. The van der Waals surface area contributed by atoms with Crippen molar-refractivity contribution in [1.29, 1.82) is 0 Å². The van der Waals surface area contributed by atoms with E-state index in [0.717, 1.165) is 21.3 Å². The molecule has 1 amide bonds. The van der Waals surface area contributed by atoms with Crippen LogP contribution < -0.4 is 10.2 Å².